The van der Waals surface area contributed by atoms with Crippen molar-refractivity contribution in [3.8, 4) is 0 Å². The zero-order valence-electron chi connectivity index (χ0n) is 12.2. The van der Waals surface area contributed by atoms with Gasteiger partial charge in [-0.2, -0.15) is 0 Å². The van der Waals surface area contributed by atoms with Crippen molar-refractivity contribution in [2.45, 2.75) is 12.3 Å². The van der Waals surface area contributed by atoms with Gasteiger partial charge < -0.3 is 15.3 Å². The van der Waals surface area contributed by atoms with Gasteiger partial charge in [0, 0.05) is 19.6 Å². The minimum absolute atomic E-state index is 0.0245. The molecule has 0 bridgehead atoms. The Morgan fingerprint density at radius 3 is 3.05 bits per heavy atom. The number of carbonyl (C=O) groups excluding carboxylic acids is 1. The Balaban J connectivity index is 1.52. The molecule has 112 valence electrons. The molecular formula is C17H22N2O2. The van der Waals surface area contributed by atoms with Crippen molar-refractivity contribution in [1.82, 2.24) is 10.2 Å². The molecule has 1 aromatic carbocycles. The Morgan fingerprint density at radius 1 is 1.48 bits per heavy atom. The number of fused-ring (bicyclic) bond motifs is 3. The van der Waals surface area contributed by atoms with E-state index in [1.807, 2.05) is 0 Å². The molecule has 1 aromatic rings. The average Bonchev–Trinajstić information content (AvgIpc) is 3.03. The predicted molar refractivity (Wildman–Crippen MR) is 82.1 cm³/mol. The molecule has 1 saturated carbocycles. The lowest BCUT2D eigenvalue weighted by Crippen LogP contribution is -2.42. The summed E-state index contributed by atoms with van der Waals surface area (Å²) in [5.74, 6) is 1.91. The van der Waals surface area contributed by atoms with Crippen molar-refractivity contribution < 1.29 is 9.90 Å². The molecule has 0 spiro atoms. The summed E-state index contributed by atoms with van der Waals surface area (Å²) in [5.41, 5.74) is 2.95. The van der Waals surface area contributed by atoms with Crippen LogP contribution in [0.3, 0.4) is 0 Å². The standard InChI is InChI=1S/C17H22N2O2/c1-2-7-19(8-9-20)17(21)18-11-15-14-10-12-5-3-4-6-13(12)16(14)15/h2-6,14-16,20H,1,7-11H2,(H,18,21). The zero-order chi connectivity index (χ0) is 14.8. The van der Waals surface area contributed by atoms with Crippen LogP contribution in [0.4, 0.5) is 4.79 Å². The Morgan fingerprint density at radius 2 is 2.29 bits per heavy atom. The highest BCUT2D eigenvalue weighted by Crippen LogP contribution is 2.60. The fraction of sp³-hybridized carbons (Fsp3) is 0.471. The summed E-state index contributed by atoms with van der Waals surface area (Å²) in [6.07, 6.45) is 2.83. The van der Waals surface area contributed by atoms with Crippen LogP contribution in [0.25, 0.3) is 0 Å². The maximum atomic E-state index is 12.1. The van der Waals surface area contributed by atoms with Gasteiger partial charge in [-0.15, -0.1) is 6.58 Å². The molecule has 4 nitrogen and oxygen atoms in total. The van der Waals surface area contributed by atoms with Gasteiger partial charge in [0.05, 0.1) is 6.61 Å². The highest BCUT2D eigenvalue weighted by molar-refractivity contribution is 5.74. The van der Waals surface area contributed by atoms with E-state index in [4.69, 9.17) is 5.11 Å². The monoisotopic (exact) mass is 286 g/mol. The van der Waals surface area contributed by atoms with Crippen molar-refractivity contribution in [1.29, 1.82) is 0 Å². The summed E-state index contributed by atoms with van der Waals surface area (Å²) < 4.78 is 0. The second kappa shape index (κ2) is 5.90. The third kappa shape index (κ3) is 2.68. The number of urea groups is 1. The number of hydrogen-bond acceptors (Lipinski definition) is 2. The highest BCUT2D eigenvalue weighted by Gasteiger charge is 2.55. The van der Waals surface area contributed by atoms with Crippen LogP contribution in [0.5, 0.6) is 0 Å². The number of hydrogen-bond donors (Lipinski definition) is 2. The first kappa shape index (κ1) is 14.1. The first-order valence-electron chi connectivity index (χ1n) is 7.58. The number of amides is 2. The van der Waals surface area contributed by atoms with Gasteiger partial charge in [0.1, 0.15) is 0 Å². The molecule has 3 rings (SSSR count). The minimum atomic E-state index is -0.109. The molecule has 0 aliphatic heterocycles. The molecule has 3 unspecified atom stereocenters. The molecule has 2 aliphatic carbocycles. The number of aliphatic hydroxyl groups excluding tert-OH is 1. The minimum Gasteiger partial charge on any atom is -0.395 e. The van der Waals surface area contributed by atoms with Crippen molar-refractivity contribution in [3.63, 3.8) is 0 Å². The van der Waals surface area contributed by atoms with E-state index >= 15 is 0 Å². The van der Waals surface area contributed by atoms with E-state index in [0.717, 1.165) is 13.0 Å². The molecule has 0 heterocycles. The van der Waals surface area contributed by atoms with E-state index in [1.54, 1.807) is 11.0 Å². The third-order valence-electron chi connectivity index (χ3n) is 4.70. The number of aliphatic hydroxyl groups is 1. The maximum Gasteiger partial charge on any atom is 0.317 e. The Bertz CT molecular complexity index is 543. The fourth-order valence-electron chi connectivity index (χ4n) is 3.63. The van der Waals surface area contributed by atoms with E-state index in [2.05, 4.69) is 36.2 Å². The molecule has 21 heavy (non-hydrogen) atoms. The van der Waals surface area contributed by atoms with E-state index in [-0.39, 0.29) is 12.6 Å². The molecule has 0 saturated heterocycles. The van der Waals surface area contributed by atoms with Gasteiger partial charge in [0.2, 0.25) is 0 Å². The molecule has 1 fully saturated rings. The van der Waals surface area contributed by atoms with E-state index in [0.29, 0.717) is 30.8 Å². The second-order valence-corrected chi connectivity index (χ2v) is 5.90. The van der Waals surface area contributed by atoms with Crippen molar-refractivity contribution in [3.05, 3.63) is 48.0 Å². The van der Waals surface area contributed by atoms with Crippen LogP contribution in [0, 0.1) is 11.8 Å². The average molecular weight is 286 g/mol. The summed E-state index contributed by atoms with van der Waals surface area (Å²) in [6, 6.07) is 8.52. The molecule has 2 N–H and O–H groups in total. The molecule has 2 amide bonds. The Kier molecular flexibility index (Phi) is 3.97. The number of nitrogens with one attached hydrogen (secondary N) is 1. The summed E-state index contributed by atoms with van der Waals surface area (Å²) in [5, 5.41) is 12.0. The lowest BCUT2D eigenvalue weighted by molar-refractivity contribution is 0.183. The van der Waals surface area contributed by atoms with Gasteiger partial charge in [-0.05, 0) is 35.3 Å². The first-order chi connectivity index (χ1) is 10.3. The van der Waals surface area contributed by atoms with Gasteiger partial charge in [-0.3, -0.25) is 0 Å². The topological polar surface area (TPSA) is 52.6 Å². The van der Waals surface area contributed by atoms with Crippen molar-refractivity contribution in [2.24, 2.45) is 11.8 Å². The van der Waals surface area contributed by atoms with Crippen LogP contribution in [-0.2, 0) is 6.42 Å². The summed E-state index contributed by atoms with van der Waals surface area (Å²) >= 11 is 0. The lowest BCUT2D eigenvalue weighted by Gasteiger charge is -2.20. The zero-order valence-corrected chi connectivity index (χ0v) is 12.2. The highest BCUT2D eigenvalue weighted by atomic mass is 16.3. The fourth-order valence-corrected chi connectivity index (χ4v) is 3.63. The second-order valence-electron chi connectivity index (χ2n) is 5.90. The van der Waals surface area contributed by atoms with Crippen LogP contribution < -0.4 is 5.32 Å². The molecule has 0 radical (unpaired) electrons. The van der Waals surface area contributed by atoms with E-state index in [9.17, 15) is 4.79 Å². The summed E-state index contributed by atoms with van der Waals surface area (Å²) in [7, 11) is 0. The van der Waals surface area contributed by atoms with Crippen LogP contribution in [0.15, 0.2) is 36.9 Å². The molecular weight excluding hydrogens is 264 g/mol. The van der Waals surface area contributed by atoms with Crippen LogP contribution in [0.2, 0.25) is 0 Å². The lowest BCUT2D eigenvalue weighted by atomic mass is 10.0. The van der Waals surface area contributed by atoms with Crippen molar-refractivity contribution in [2.75, 3.05) is 26.2 Å². The summed E-state index contributed by atoms with van der Waals surface area (Å²) in [4.78, 5) is 13.7. The van der Waals surface area contributed by atoms with Gasteiger partial charge in [-0.1, -0.05) is 30.3 Å². The summed E-state index contributed by atoms with van der Waals surface area (Å²) in [6.45, 7) is 5.15. The SMILES string of the molecule is C=CCN(CCO)C(=O)NCC1C2Cc3ccccc3C12. The Labute approximate surface area is 125 Å². The number of rotatable bonds is 6. The first-order valence-corrected chi connectivity index (χ1v) is 7.58. The van der Waals surface area contributed by atoms with Crippen LogP contribution in [-0.4, -0.2) is 42.3 Å². The molecule has 0 aromatic heterocycles. The van der Waals surface area contributed by atoms with Crippen LogP contribution >= 0.6 is 0 Å². The normalized spacial score (nSPS) is 24.9. The van der Waals surface area contributed by atoms with E-state index in [1.165, 1.54) is 11.1 Å². The Hall–Kier alpha value is -1.81. The van der Waals surface area contributed by atoms with Gasteiger partial charge in [0.15, 0.2) is 0 Å². The van der Waals surface area contributed by atoms with Crippen LogP contribution in [0.1, 0.15) is 17.0 Å². The third-order valence-corrected chi connectivity index (χ3v) is 4.70. The number of carbonyl (C=O) groups is 1. The largest absolute Gasteiger partial charge is 0.395 e. The number of benzene rings is 1. The molecule has 2 aliphatic rings. The van der Waals surface area contributed by atoms with Gasteiger partial charge >= 0.3 is 6.03 Å². The predicted octanol–water partition coefficient (Wildman–Crippen LogP) is 1.76. The quantitative estimate of drug-likeness (QED) is 0.783. The smallest absolute Gasteiger partial charge is 0.317 e. The number of nitrogens with zero attached hydrogens (tertiary/aromatic N) is 1. The maximum absolute atomic E-state index is 12.1. The van der Waals surface area contributed by atoms with E-state index < -0.39 is 0 Å². The molecule has 4 heteroatoms. The van der Waals surface area contributed by atoms with Gasteiger partial charge in [-0.25, -0.2) is 4.79 Å². The van der Waals surface area contributed by atoms with Crippen molar-refractivity contribution >= 4 is 6.03 Å². The molecule has 3 atom stereocenters. The van der Waals surface area contributed by atoms with Gasteiger partial charge in [0.25, 0.3) is 0 Å².